The molecule has 1 aliphatic rings. The molecule has 0 amide bonds. The van der Waals surface area contributed by atoms with Crippen molar-refractivity contribution in [2.24, 2.45) is 5.92 Å². The molecular weight excluding hydrogens is 212 g/mol. The van der Waals surface area contributed by atoms with Crippen LogP contribution >= 0.6 is 10.7 Å². The molecule has 3 nitrogen and oxygen atoms in total. The SMILES string of the molecule is O=S(=O)(Cl)C/C=C/C1CCOCC1. The summed E-state index contributed by atoms with van der Waals surface area (Å²) in [6, 6.07) is 0. The van der Waals surface area contributed by atoms with Gasteiger partial charge in [0.15, 0.2) is 0 Å². The number of rotatable bonds is 3. The summed E-state index contributed by atoms with van der Waals surface area (Å²) in [5.41, 5.74) is 0. The van der Waals surface area contributed by atoms with Gasteiger partial charge in [0.2, 0.25) is 9.05 Å². The highest BCUT2D eigenvalue weighted by Gasteiger charge is 2.10. The van der Waals surface area contributed by atoms with Crippen molar-refractivity contribution in [3.05, 3.63) is 12.2 Å². The van der Waals surface area contributed by atoms with Gasteiger partial charge in [0.1, 0.15) is 0 Å². The summed E-state index contributed by atoms with van der Waals surface area (Å²) in [6.07, 6.45) is 5.48. The lowest BCUT2D eigenvalue weighted by Gasteiger charge is -2.18. The molecule has 1 aliphatic heterocycles. The van der Waals surface area contributed by atoms with Gasteiger partial charge in [-0.2, -0.15) is 0 Å². The molecule has 0 aromatic carbocycles. The average Bonchev–Trinajstić information content (AvgIpc) is 2.04. The maximum absolute atomic E-state index is 10.6. The Morgan fingerprint density at radius 1 is 1.38 bits per heavy atom. The zero-order chi connectivity index (χ0) is 9.73. The van der Waals surface area contributed by atoms with Crippen LogP contribution in [0.5, 0.6) is 0 Å². The van der Waals surface area contributed by atoms with Crippen LogP contribution in [0.3, 0.4) is 0 Å². The van der Waals surface area contributed by atoms with E-state index in [1.807, 2.05) is 6.08 Å². The highest BCUT2D eigenvalue weighted by Crippen LogP contribution is 2.15. The Bertz CT molecular complexity index is 265. The van der Waals surface area contributed by atoms with Gasteiger partial charge >= 0.3 is 0 Å². The summed E-state index contributed by atoms with van der Waals surface area (Å²) in [5, 5.41) is 0. The quantitative estimate of drug-likeness (QED) is 0.540. The van der Waals surface area contributed by atoms with Crippen LogP contribution in [0.15, 0.2) is 12.2 Å². The fraction of sp³-hybridized carbons (Fsp3) is 0.750. The van der Waals surface area contributed by atoms with E-state index in [1.54, 1.807) is 6.08 Å². The monoisotopic (exact) mass is 224 g/mol. The fourth-order valence-electron chi connectivity index (χ4n) is 1.27. The lowest BCUT2D eigenvalue weighted by atomic mass is 10.0. The molecule has 0 saturated carbocycles. The van der Waals surface area contributed by atoms with Gasteiger partial charge in [-0.1, -0.05) is 12.2 Å². The van der Waals surface area contributed by atoms with E-state index in [-0.39, 0.29) is 5.75 Å². The first-order valence-corrected chi connectivity index (χ1v) is 6.72. The van der Waals surface area contributed by atoms with E-state index < -0.39 is 9.05 Å². The van der Waals surface area contributed by atoms with Gasteiger partial charge in [-0.15, -0.1) is 0 Å². The Kier molecular flexibility index (Phi) is 4.22. The zero-order valence-corrected chi connectivity index (χ0v) is 8.85. The minimum Gasteiger partial charge on any atom is -0.381 e. The van der Waals surface area contributed by atoms with Crippen molar-refractivity contribution in [3.63, 3.8) is 0 Å². The van der Waals surface area contributed by atoms with Crippen molar-refractivity contribution in [2.75, 3.05) is 19.0 Å². The smallest absolute Gasteiger partial charge is 0.236 e. The van der Waals surface area contributed by atoms with Gasteiger partial charge in [-0.25, -0.2) is 8.42 Å². The first-order valence-electron chi connectivity index (χ1n) is 4.25. The molecular formula is C8H13ClO3S. The summed E-state index contributed by atoms with van der Waals surface area (Å²) in [6.45, 7) is 1.53. The molecule has 0 bridgehead atoms. The number of hydrogen-bond acceptors (Lipinski definition) is 3. The second-order valence-electron chi connectivity index (χ2n) is 3.08. The predicted molar refractivity (Wildman–Crippen MR) is 52.3 cm³/mol. The van der Waals surface area contributed by atoms with Crippen LogP contribution in [0.1, 0.15) is 12.8 Å². The van der Waals surface area contributed by atoms with Crippen LogP contribution in [0.2, 0.25) is 0 Å². The van der Waals surface area contributed by atoms with Gasteiger partial charge in [-0.3, -0.25) is 0 Å². The lowest BCUT2D eigenvalue weighted by molar-refractivity contribution is 0.0785. The Labute approximate surface area is 83.1 Å². The molecule has 1 saturated heterocycles. The van der Waals surface area contributed by atoms with Crippen molar-refractivity contribution in [2.45, 2.75) is 12.8 Å². The molecule has 0 aromatic heterocycles. The van der Waals surface area contributed by atoms with Crippen molar-refractivity contribution < 1.29 is 13.2 Å². The van der Waals surface area contributed by atoms with Gasteiger partial charge in [0.05, 0.1) is 5.75 Å². The maximum atomic E-state index is 10.6. The summed E-state index contributed by atoms with van der Waals surface area (Å²) in [5.74, 6) is 0.374. The molecule has 0 spiro atoms. The second kappa shape index (κ2) is 4.98. The van der Waals surface area contributed by atoms with E-state index in [0.717, 1.165) is 26.1 Å². The lowest BCUT2D eigenvalue weighted by Crippen LogP contribution is -2.13. The number of hydrogen-bond donors (Lipinski definition) is 0. The van der Waals surface area contributed by atoms with Crippen molar-refractivity contribution in [3.8, 4) is 0 Å². The molecule has 0 aromatic rings. The first-order chi connectivity index (χ1) is 6.08. The maximum Gasteiger partial charge on any atom is 0.236 e. The van der Waals surface area contributed by atoms with Crippen LogP contribution in [0.25, 0.3) is 0 Å². The Hall–Kier alpha value is -0.0600. The van der Waals surface area contributed by atoms with Crippen LogP contribution in [-0.2, 0) is 13.8 Å². The van der Waals surface area contributed by atoms with Gasteiger partial charge in [0.25, 0.3) is 0 Å². The minimum absolute atomic E-state index is 0.0775. The average molecular weight is 225 g/mol. The van der Waals surface area contributed by atoms with E-state index in [1.165, 1.54) is 0 Å². The third kappa shape index (κ3) is 5.29. The molecule has 0 unspecified atom stereocenters. The van der Waals surface area contributed by atoms with E-state index in [4.69, 9.17) is 15.4 Å². The second-order valence-corrected chi connectivity index (χ2v) is 5.91. The molecule has 1 fully saturated rings. The highest BCUT2D eigenvalue weighted by molar-refractivity contribution is 8.13. The van der Waals surface area contributed by atoms with Crippen LogP contribution in [0.4, 0.5) is 0 Å². The molecule has 0 N–H and O–H groups in total. The van der Waals surface area contributed by atoms with Crippen LogP contribution in [0, 0.1) is 5.92 Å². The zero-order valence-electron chi connectivity index (χ0n) is 7.28. The molecule has 1 heterocycles. The number of halogens is 1. The molecule has 0 radical (unpaired) electrons. The minimum atomic E-state index is -3.37. The normalized spacial score (nSPS) is 21.0. The predicted octanol–water partition coefficient (Wildman–Crippen LogP) is 1.54. The largest absolute Gasteiger partial charge is 0.381 e. The summed E-state index contributed by atoms with van der Waals surface area (Å²) >= 11 is 0. The van der Waals surface area contributed by atoms with E-state index >= 15 is 0 Å². The molecule has 0 atom stereocenters. The summed E-state index contributed by atoms with van der Waals surface area (Å²) in [4.78, 5) is 0. The molecule has 76 valence electrons. The van der Waals surface area contributed by atoms with E-state index in [2.05, 4.69) is 0 Å². The van der Waals surface area contributed by atoms with Crippen molar-refractivity contribution in [1.29, 1.82) is 0 Å². The van der Waals surface area contributed by atoms with Crippen molar-refractivity contribution >= 4 is 19.7 Å². The third-order valence-electron chi connectivity index (χ3n) is 1.97. The van der Waals surface area contributed by atoms with Gasteiger partial charge in [0, 0.05) is 23.9 Å². The summed E-state index contributed by atoms with van der Waals surface area (Å²) < 4.78 is 26.3. The van der Waals surface area contributed by atoms with Crippen molar-refractivity contribution in [1.82, 2.24) is 0 Å². The van der Waals surface area contributed by atoms with E-state index in [0.29, 0.717) is 5.92 Å². The Balaban J connectivity index is 2.30. The van der Waals surface area contributed by atoms with Gasteiger partial charge in [-0.05, 0) is 18.8 Å². The highest BCUT2D eigenvalue weighted by atomic mass is 35.7. The van der Waals surface area contributed by atoms with Crippen LogP contribution < -0.4 is 0 Å². The molecule has 13 heavy (non-hydrogen) atoms. The fourth-order valence-corrected chi connectivity index (χ4v) is 1.83. The number of allylic oxidation sites excluding steroid dienone is 1. The summed E-state index contributed by atoms with van der Waals surface area (Å²) in [7, 11) is 1.68. The molecule has 5 heteroatoms. The Morgan fingerprint density at radius 3 is 2.54 bits per heavy atom. The van der Waals surface area contributed by atoms with Gasteiger partial charge < -0.3 is 4.74 Å². The third-order valence-corrected chi connectivity index (χ3v) is 2.94. The van der Waals surface area contributed by atoms with Crippen LogP contribution in [-0.4, -0.2) is 27.4 Å². The Morgan fingerprint density at radius 2 is 2.00 bits per heavy atom. The molecule has 0 aliphatic carbocycles. The number of ether oxygens (including phenoxy) is 1. The molecule has 1 rings (SSSR count). The first kappa shape index (κ1) is 11.0. The topological polar surface area (TPSA) is 43.4 Å². The standard InChI is InChI=1S/C8H13ClO3S/c9-13(10,11)7-1-2-8-3-5-12-6-4-8/h1-2,8H,3-7H2/b2-1+. The van der Waals surface area contributed by atoms with E-state index in [9.17, 15) is 8.42 Å².